The fourth-order valence-corrected chi connectivity index (χ4v) is 4.27. The second kappa shape index (κ2) is 6.42. The number of aliphatic hydroxyl groups is 1. The van der Waals surface area contributed by atoms with Crippen molar-refractivity contribution >= 4 is 22.4 Å². The molecule has 116 valence electrons. The number of aromatic nitrogens is 1. The van der Waals surface area contributed by atoms with Gasteiger partial charge in [-0.05, 0) is 58.0 Å². The molecule has 0 saturated carbocycles. The van der Waals surface area contributed by atoms with Crippen molar-refractivity contribution < 1.29 is 9.90 Å². The Morgan fingerprint density at radius 1 is 1.48 bits per heavy atom. The molecule has 0 spiro atoms. The van der Waals surface area contributed by atoms with E-state index in [1.54, 1.807) is 11.3 Å². The first-order valence-electron chi connectivity index (χ1n) is 7.80. The van der Waals surface area contributed by atoms with Crippen LogP contribution in [0, 0.1) is 5.92 Å². The lowest BCUT2D eigenvalue weighted by Gasteiger charge is -2.32. The molecule has 1 aliphatic carbocycles. The van der Waals surface area contributed by atoms with E-state index in [1.807, 2.05) is 6.92 Å². The van der Waals surface area contributed by atoms with E-state index in [1.165, 1.54) is 17.0 Å². The molecule has 1 amide bonds. The minimum atomic E-state index is -0.237. The van der Waals surface area contributed by atoms with Crippen molar-refractivity contribution in [2.75, 3.05) is 25.0 Å². The van der Waals surface area contributed by atoms with Crippen LogP contribution in [0.4, 0.5) is 5.13 Å². The van der Waals surface area contributed by atoms with Crippen LogP contribution in [-0.2, 0) is 17.6 Å². The molecule has 3 rings (SSSR count). The maximum absolute atomic E-state index is 12.1. The first kappa shape index (κ1) is 14.9. The van der Waals surface area contributed by atoms with Gasteiger partial charge in [0, 0.05) is 4.88 Å². The molecule has 1 fully saturated rings. The Bertz CT molecular complexity index is 486. The number of amides is 1. The van der Waals surface area contributed by atoms with Crippen molar-refractivity contribution in [1.29, 1.82) is 0 Å². The van der Waals surface area contributed by atoms with Crippen LogP contribution in [0.25, 0.3) is 0 Å². The van der Waals surface area contributed by atoms with Crippen molar-refractivity contribution in [3.05, 3.63) is 10.6 Å². The van der Waals surface area contributed by atoms with Crippen molar-refractivity contribution in [3.63, 3.8) is 0 Å². The molecular formula is C15H23N3O2S. The molecular weight excluding hydrogens is 286 g/mol. The van der Waals surface area contributed by atoms with Gasteiger partial charge in [-0.3, -0.25) is 9.69 Å². The molecule has 5 nitrogen and oxygen atoms in total. The predicted molar refractivity (Wildman–Crippen MR) is 83.6 cm³/mol. The fourth-order valence-electron chi connectivity index (χ4n) is 3.20. The number of anilines is 1. The number of carbonyl (C=O) groups excluding carboxylic acids is 1. The Morgan fingerprint density at radius 3 is 2.90 bits per heavy atom. The topological polar surface area (TPSA) is 65.5 Å². The number of piperidine rings is 1. The number of likely N-dealkylation sites (tertiary alicyclic amines) is 1. The van der Waals surface area contributed by atoms with Crippen LogP contribution >= 0.6 is 11.3 Å². The third-order valence-corrected chi connectivity index (χ3v) is 5.60. The normalized spacial score (nSPS) is 21.2. The van der Waals surface area contributed by atoms with E-state index in [0.717, 1.165) is 43.9 Å². The molecule has 1 aromatic heterocycles. The Kier molecular flexibility index (Phi) is 4.57. The Morgan fingerprint density at radius 2 is 2.24 bits per heavy atom. The second-order valence-corrected chi connectivity index (χ2v) is 7.23. The van der Waals surface area contributed by atoms with Crippen LogP contribution in [0.1, 0.15) is 36.8 Å². The van der Waals surface area contributed by atoms with Gasteiger partial charge in [-0.1, -0.05) is 0 Å². The lowest BCUT2D eigenvalue weighted by Crippen LogP contribution is -2.41. The number of fused-ring (bicyclic) bond motifs is 1. The average molecular weight is 309 g/mol. The highest BCUT2D eigenvalue weighted by Crippen LogP contribution is 2.30. The lowest BCUT2D eigenvalue weighted by atomic mass is 9.92. The summed E-state index contributed by atoms with van der Waals surface area (Å²) in [7, 11) is 0. The molecule has 1 saturated heterocycles. The molecule has 2 N–H and O–H groups in total. The van der Waals surface area contributed by atoms with Crippen LogP contribution in [-0.4, -0.2) is 46.6 Å². The Balaban J connectivity index is 1.46. The maximum atomic E-state index is 12.1. The summed E-state index contributed by atoms with van der Waals surface area (Å²) < 4.78 is 0. The number of carbonyl (C=O) groups is 1. The summed E-state index contributed by atoms with van der Waals surface area (Å²) in [6.07, 6.45) is 5.05. The largest absolute Gasteiger partial charge is 0.393 e. The Hall–Kier alpha value is -0.980. The standard InChI is InChI=1S/C15H23N3O2S/c1-10(19)11-5-7-18(8-6-11)9-14(20)17-15-16-12-3-2-4-13(12)21-15/h10-11,19H,2-9H2,1H3,(H,16,17,20). The lowest BCUT2D eigenvalue weighted by molar-refractivity contribution is -0.117. The van der Waals surface area contributed by atoms with E-state index in [-0.39, 0.29) is 12.0 Å². The molecule has 0 bridgehead atoms. The van der Waals surface area contributed by atoms with Crippen molar-refractivity contribution in [2.45, 2.75) is 45.1 Å². The van der Waals surface area contributed by atoms with Gasteiger partial charge >= 0.3 is 0 Å². The summed E-state index contributed by atoms with van der Waals surface area (Å²) in [6.45, 7) is 4.06. The molecule has 1 atom stereocenters. The van der Waals surface area contributed by atoms with E-state index < -0.39 is 0 Å². The van der Waals surface area contributed by atoms with Gasteiger partial charge in [0.05, 0.1) is 18.3 Å². The highest BCUT2D eigenvalue weighted by Gasteiger charge is 2.24. The van der Waals surface area contributed by atoms with Gasteiger partial charge in [-0.2, -0.15) is 0 Å². The zero-order valence-electron chi connectivity index (χ0n) is 12.5. The molecule has 0 aromatic carbocycles. The Labute approximate surface area is 129 Å². The van der Waals surface area contributed by atoms with Crippen LogP contribution in [0.2, 0.25) is 0 Å². The minimum Gasteiger partial charge on any atom is -0.393 e. The maximum Gasteiger partial charge on any atom is 0.240 e. The molecule has 2 heterocycles. The minimum absolute atomic E-state index is 0.0259. The van der Waals surface area contributed by atoms with Gasteiger partial charge < -0.3 is 10.4 Å². The zero-order valence-corrected chi connectivity index (χ0v) is 13.3. The number of aryl methyl sites for hydroxylation is 2. The summed E-state index contributed by atoms with van der Waals surface area (Å²) in [4.78, 5) is 20.1. The van der Waals surface area contributed by atoms with Crippen LogP contribution in [0.15, 0.2) is 0 Å². The first-order chi connectivity index (χ1) is 10.1. The third-order valence-electron chi connectivity index (χ3n) is 4.52. The van der Waals surface area contributed by atoms with Crippen molar-refractivity contribution in [2.24, 2.45) is 5.92 Å². The smallest absolute Gasteiger partial charge is 0.240 e. The van der Waals surface area contributed by atoms with Gasteiger partial charge in [0.25, 0.3) is 0 Å². The molecule has 1 aliphatic heterocycles. The molecule has 1 aromatic rings. The van der Waals surface area contributed by atoms with E-state index >= 15 is 0 Å². The summed E-state index contributed by atoms with van der Waals surface area (Å²) in [5.41, 5.74) is 1.17. The van der Waals surface area contributed by atoms with Gasteiger partial charge in [-0.25, -0.2) is 4.98 Å². The van der Waals surface area contributed by atoms with Gasteiger partial charge in [0.15, 0.2) is 5.13 Å². The summed E-state index contributed by atoms with van der Waals surface area (Å²) in [6, 6.07) is 0. The number of thiazole rings is 1. The molecule has 6 heteroatoms. The molecule has 1 unspecified atom stereocenters. The monoisotopic (exact) mass is 309 g/mol. The second-order valence-electron chi connectivity index (χ2n) is 6.14. The molecule has 2 aliphatic rings. The summed E-state index contributed by atoms with van der Waals surface area (Å²) >= 11 is 1.62. The number of hydrogen-bond donors (Lipinski definition) is 2. The number of hydrogen-bond acceptors (Lipinski definition) is 5. The fraction of sp³-hybridized carbons (Fsp3) is 0.733. The highest BCUT2D eigenvalue weighted by molar-refractivity contribution is 7.15. The zero-order chi connectivity index (χ0) is 14.8. The van der Waals surface area contributed by atoms with E-state index in [2.05, 4.69) is 15.2 Å². The number of nitrogens with zero attached hydrogens (tertiary/aromatic N) is 2. The van der Waals surface area contributed by atoms with Crippen LogP contribution in [0.3, 0.4) is 0 Å². The number of nitrogens with one attached hydrogen (secondary N) is 1. The van der Waals surface area contributed by atoms with Gasteiger partial charge in [0.2, 0.25) is 5.91 Å². The highest BCUT2D eigenvalue weighted by atomic mass is 32.1. The summed E-state index contributed by atoms with van der Waals surface area (Å²) in [5, 5.41) is 13.3. The summed E-state index contributed by atoms with van der Waals surface area (Å²) in [5.74, 6) is 0.407. The van der Waals surface area contributed by atoms with E-state index in [9.17, 15) is 9.90 Å². The van der Waals surface area contributed by atoms with Crippen LogP contribution < -0.4 is 5.32 Å². The van der Waals surface area contributed by atoms with E-state index in [0.29, 0.717) is 12.5 Å². The van der Waals surface area contributed by atoms with Crippen molar-refractivity contribution in [3.8, 4) is 0 Å². The van der Waals surface area contributed by atoms with Crippen LogP contribution in [0.5, 0.6) is 0 Å². The molecule has 0 radical (unpaired) electrons. The average Bonchev–Trinajstić information content (AvgIpc) is 3.00. The van der Waals surface area contributed by atoms with Gasteiger partial charge in [0.1, 0.15) is 0 Å². The van der Waals surface area contributed by atoms with Crippen molar-refractivity contribution in [1.82, 2.24) is 9.88 Å². The molecule has 21 heavy (non-hydrogen) atoms. The van der Waals surface area contributed by atoms with E-state index in [4.69, 9.17) is 0 Å². The number of aliphatic hydroxyl groups excluding tert-OH is 1. The number of rotatable bonds is 4. The predicted octanol–water partition coefficient (Wildman–Crippen LogP) is 1.66. The van der Waals surface area contributed by atoms with Gasteiger partial charge in [-0.15, -0.1) is 11.3 Å². The quantitative estimate of drug-likeness (QED) is 0.888. The SMILES string of the molecule is CC(O)C1CCN(CC(=O)Nc2nc3c(s2)CCC3)CC1. The third kappa shape index (κ3) is 3.62. The first-order valence-corrected chi connectivity index (χ1v) is 8.62.